The second kappa shape index (κ2) is 11.9. The number of piperazine rings is 1. The van der Waals surface area contributed by atoms with Gasteiger partial charge in [-0.2, -0.15) is 0 Å². The SMILES string of the molecule is CN1CCN(c2cccc3nc(CN(C)[C@H]4CCCc5cccnc54)c(CN(CCO)CCO)n23)CC1. The number of imidazole rings is 1. The molecule has 2 aliphatic rings. The summed E-state index contributed by atoms with van der Waals surface area (Å²) in [5.41, 5.74) is 5.69. The Morgan fingerprint density at radius 3 is 2.54 bits per heavy atom. The number of rotatable bonds is 10. The van der Waals surface area contributed by atoms with Crippen molar-refractivity contribution in [1.82, 2.24) is 29.1 Å². The molecular weight excluding hydrogens is 466 g/mol. The molecule has 1 fully saturated rings. The van der Waals surface area contributed by atoms with Gasteiger partial charge in [0.15, 0.2) is 0 Å². The van der Waals surface area contributed by atoms with Gasteiger partial charge >= 0.3 is 0 Å². The monoisotopic (exact) mass is 507 g/mol. The predicted octanol–water partition coefficient (Wildman–Crippen LogP) is 1.78. The van der Waals surface area contributed by atoms with Crippen LogP contribution in [0.1, 0.15) is 41.5 Å². The quantitative estimate of drug-likeness (QED) is 0.430. The molecule has 0 radical (unpaired) electrons. The van der Waals surface area contributed by atoms with Gasteiger partial charge in [0.1, 0.15) is 11.5 Å². The molecule has 9 heteroatoms. The Hall–Kier alpha value is -2.56. The molecule has 2 N–H and O–H groups in total. The summed E-state index contributed by atoms with van der Waals surface area (Å²) >= 11 is 0. The number of pyridine rings is 2. The highest BCUT2D eigenvalue weighted by Crippen LogP contribution is 2.33. The van der Waals surface area contributed by atoms with E-state index in [0.717, 1.165) is 56.1 Å². The van der Waals surface area contributed by atoms with Crippen LogP contribution in [0, 0.1) is 0 Å². The summed E-state index contributed by atoms with van der Waals surface area (Å²) in [5, 5.41) is 19.4. The van der Waals surface area contributed by atoms with Gasteiger partial charge in [-0.1, -0.05) is 12.1 Å². The van der Waals surface area contributed by atoms with Crippen LogP contribution in [0.2, 0.25) is 0 Å². The number of hydrogen-bond donors (Lipinski definition) is 2. The second-order valence-electron chi connectivity index (χ2n) is 10.5. The van der Waals surface area contributed by atoms with Gasteiger partial charge in [-0.05, 0) is 57.1 Å². The average Bonchev–Trinajstić information content (AvgIpc) is 3.25. The maximum atomic E-state index is 9.69. The molecular formula is C28H41N7O2. The standard InChI is InChI=1S/C28H41N7O2/c1-31-12-14-34(15-13-31)27-10-4-9-26-30-23(25(35(26)27)21-33(16-18-36)17-19-37)20-32(2)24-8-3-6-22-7-5-11-29-28(22)24/h4-5,7,9-11,24,36-37H,3,6,8,12-21H2,1-2H3/t24-/m0/s1. The first-order chi connectivity index (χ1) is 18.1. The van der Waals surface area contributed by atoms with Crippen molar-refractivity contribution in [3.8, 4) is 0 Å². The van der Waals surface area contributed by atoms with Gasteiger partial charge in [-0.3, -0.25) is 19.2 Å². The summed E-state index contributed by atoms with van der Waals surface area (Å²) in [7, 11) is 4.36. The number of aryl methyl sites for hydroxylation is 1. The highest BCUT2D eigenvalue weighted by atomic mass is 16.3. The average molecular weight is 508 g/mol. The highest BCUT2D eigenvalue weighted by Gasteiger charge is 2.28. The smallest absolute Gasteiger partial charge is 0.138 e. The zero-order chi connectivity index (χ0) is 25.8. The van der Waals surface area contributed by atoms with Crippen LogP contribution in [0.25, 0.3) is 5.65 Å². The number of likely N-dealkylation sites (N-methyl/N-ethyl adjacent to an activating group) is 1. The van der Waals surface area contributed by atoms with Crippen LogP contribution in [-0.2, 0) is 19.5 Å². The number of aromatic nitrogens is 3. The Morgan fingerprint density at radius 2 is 1.78 bits per heavy atom. The summed E-state index contributed by atoms with van der Waals surface area (Å²) < 4.78 is 2.31. The van der Waals surface area contributed by atoms with Gasteiger partial charge in [0.25, 0.3) is 0 Å². The lowest BCUT2D eigenvalue weighted by Gasteiger charge is -2.35. The van der Waals surface area contributed by atoms with Gasteiger partial charge in [-0.25, -0.2) is 4.98 Å². The number of aliphatic hydroxyl groups excluding tert-OH is 2. The zero-order valence-corrected chi connectivity index (χ0v) is 22.3. The summed E-state index contributed by atoms with van der Waals surface area (Å²) in [4.78, 5) is 19.3. The third-order valence-electron chi connectivity index (χ3n) is 7.93. The second-order valence-corrected chi connectivity index (χ2v) is 10.5. The normalized spacial score (nSPS) is 18.8. The number of aliphatic hydroxyl groups is 2. The molecule has 1 saturated heterocycles. The van der Waals surface area contributed by atoms with Crippen molar-refractivity contribution in [3.63, 3.8) is 0 Å². The molecule has 9 nitrogen and oxygen atoms in total. The Morgan fingerprint density at radius 1 is 1.00 bits per heavy atom. The Kier molecular flexibility index (Phi) is 8.36. The summed E-state index contributed by atoms with van der Waals surface area (Å²) in [5.74, 6) is 1.17. The lowest BCUT2D eigenvalue weighted by atomic mass is 9.91. The van der Waals surface area contributed by atoms with E-state index in [4.69, 9.17) is 9.97 Å². The molecule has 0 amide bonds. The minimum Gasteiger partial charge on any atom is -0.395 e. The van der Waals surface area contributed by atoms with Crippen LogP contribution in [-0.4, -0.2) is 106 Å². The van der Waals surface area contributed by atoms with Gasteiger partial charge in [-0.15, -0.1) is 0 Å². The first-order valence-electron chi connectivity index (χ1n) is 13.6. The topological polar surface area (TPSA) is 83.6 Å². The van der Waals surface area contributed by atoms with E-state index in [2.05, 4.69) is 62.4 Å². The van der Waals surface area contributed by atoms with E-state index in [-0.39, 0.29) is 19.3 Å². The molecule has 0 saturated carbocycles. The van der Waals surface area contributed by atoms with Crippen molar-refractivity contribution in [2.45, 2.75) is 38.4 Å². The van der Waals surface area contributed by atoms with Crippen LogP contribution in [0.5, 0.6) is 0 Å². The van der Waals surface area contributed by atoms with Crippen LogP contribution >= 0.6 is 0 Å². The van der Waals surface area contributed by atoms with E-state index in [1.807, 2.05) is 12.3 Å². The fourth-order valence-electron chi connectivity index (χ4n) is 5.88. The molecule has 0 bridgehead atoms. The molecule has 3 aromatic heterocycles. The van der Waals surface area contributed by atoms with Gasteiger partial charge in [0.2, 0.25) is 0 Å². The van der Waals surface area contributed by atoms with Crippen LogP contribution in [0.3, 0.4) is 0 Å². The van der Waals surface area contributed by atoms with E-state index in [0.29, 0.717) is 26.2 Å². The zero-order valence-electron chi connectivity index (χ0n) is 22.3. The molecule has 1 aliphatic heterocycles. The van der Waals surface area contributed by atoms with E-state index < -0.39 is 0 Å². The van der Waals surface area contributed by atoms with Crippen molar-refractivity contribution in [2.75, 3.05) is 71.5 Å². The molecule has 37 heavy (non-hydrogen) atoms. The molecule has 5 rings (SSSR count). The van der Waals surface area contributed by atoms with Gasteiger partial charge < -0.3 is 20.0 Å². The number of anilines is 1. The molecule has 0 unspecified atom stereocenters. The minimum absolute atomic E-state index is 0.0574. The Labute approximate surface area is 220 Å². The first kappa shape index (κ1) is 26.1. The van der Waals surface area contributed by atoms with Crippen LogP contribution < -0.4 is 4.90 Å². The fourth-order valence-corrected chi connectivity index (χ4v) is 5.88. The van der Waals surface area contributed by atoms with Crippen molar-refractivity contribution < 1.29 is 10.2 Å². The van der Waals surface area contributed by atoms with E-state index in [1.54, 1.807) is 0 Å². The maximum Gasteiger partial charge on any atom is 0.138 e. The minimum atomic E-state index is 0.0574. The lowest BCUT2D eigenvalue weighted by Crippen LogP contribution is -2.45. The van der Waals surface area contributed by atoms with Crippen LogP contribution in [0.15, 0.2) is 36.5 Å². The molecule has 4 heterocycles. The molecule has 200 valence electrons. The molecule has 0 aromatic carbocycles. The number of fused-ring (bicyclic) bond motifs is 2. The van der Waals surface area contributed by atoms with Crippen molar-refractivity contribution in [3.05, 3.63) is 59.2 Å². The molecule has 0 spiro atoms. The Balaban J connectivity index is 1.52. The summed E-state index contributed by atoms with van der Waals surface area (Å²) in [6, 6.07) is 10.9. The molecule has 1 atom stereocenters. The number of hydrogen-bond acceptors (Lipinski definition) is 8. The third-order valence-corrected chi connectivity index (χ3v) is 7.93. The van der Waals surface area contributed by atoms with E-state index in [1.165, 1.54) is 23.5 Å². The number of nitrogens with zero attached hydrogens (tertiary/aromatic N) is 7. The molecule has 3 aromatic rings. The van der Waals surface area contributed by atoms with Crippen molar-refractivity contribution in [1.29, 1.82) is 0 Å². The highest BCUT2D eigenvalue weighted by molar-refractivity contribution is 5.55. The van der Waals surface area contributed by atoms with E-state index in [9.17, 15) is 10.2 Å². The van der Waals surface area contributed by atoms with E-state index >= 15 is 0 Å². The van der Waals surface area contributed by atoms with Crippen LogP contribution in [0.4, 0.5) is 5.82 Å². The first-order valence-corrected chi connectivity index (χ1v) is 13.6. The largest absolute Gasteiger partial charge is 0.395 e. The van der Waals surface area contributed by atoms with Gasteiger partial charge in [0.05, 0.1) is 36.3 Å². The van der Waals surface area contributed by atoms with Crippen molar-refractivity contribution in [2.24, 2.45) is 0 Å². The fraction of sp³-hybridized carbons (Fsp3) is 0.571. The maximum absolute atomic E-state index is 9.69. The van der Waals surface area contributed by atoms with Gasteiger partial charge in [0, 0.05) is 58.6 Å². The Bertz CT molecular complexity index is 1170. The third kappa shape index (κ3) is 5.66. The summed E-state index contributed by atoms with van der Waals surface area (Å²) in [6.45, 7) is 6.50. The lowest BCUT2D eigenvalue weighted by molar-refractivity contribution is 0.153. The predicted molar refractivity (Wildman–Crippen MR) is 146 cm³/mol. The summed E-state index contributed by atoms with van der Waals surface area (Å²) in [6.07, 6.45) is 5.26. The molecule has 1 aliphatic carbocycles. The van der Waals surface area contributed by atoms with Crippen molar-refractivity contribution >= 4 is 11.5 Å².